The zero-order chi connectivity index (χ0) is 15.6. The smallest absolute Gasteiger partial charge is 0.223 e. The summed E-state index contributed by atoms with van der Waals surface area (Å²) in [5, 5.41) is 15.2. The molecule has 4 heterocycles. The zero-order valence-electron chi connectivity index (χ0n) is 11.9. The average molecular weight is 324 g/mol. The molecule has 0 unspecified atom stereocenters. The van der Waals surface area contributed by atoms with Crippen molar-refractivity contribution < 1.29 is 0 Å². The normalized spacial score (nSPS) is 11.0. The van der Waals surface area contributed by atoms with Crippen LogP contribution in [0.5, 0.6) is 0 Å². The van der Waals surface area contributed by atoms with Crippen molar-refractivity contribution in [2.75, 3.05) is 11.1 Å². The number of nitrogens with one attached hydrogen (secondary N) is 2. The molecular weight excluding hydrogens is 312 g/mol. The monoisotopic (exact) mass is 324 g/mol. The molecule has 0 atom stereocenters. The van der Waals surface area contributed by atoms with Gasteiger partial charge in [-0.15, -0.1) is 0 Å². The number of hydrogen-bond acceptors (Lipinski definition) is 8. The van der Waals surface area contributed by atoms with Crippen molar-refractivity contribution in [1.82, 2.24) is 30.1 Å². The number of nitrogen functional groups attached to an aromatic ring is 1. The minimum atomic E-state index is 0.191. The number of H-pyrrole nitrogens is 1. The van der Waals surface area contributed by atoms with E-state index in [-0.39, 0.29) is 5.95 Å². The molecule has 0 spiro atoms. The van der Waals surface area contributed by atoms with Crippen molar-refractivity contribution in [3.8, 4) is 11.4 Å². The third-order valence-electron chi connectivity index (χ3n) is 3.27. The van der Waals surface area contributed by atoms with Gasteiger partial charge in [-0.1, -0.05) is 0 Å². The molecule has 0 aliphatic rings. The van der Waals surface area contributed by atoms with Crippen LogP contribution in [0, 0.1) is 0 Å². The molecule has 114 valence electrons. The number of nitrogens with zero attached hydrogens (tertiary/aromatic N) is 5. The molecule has 0 radical (unpaired) electrons. The second-order valence-corrected chi connectivity index (χ2v) is 5.59. The number of rotatable bonds is 4. The van der Waals surface area contributed by atoms with E-state index in [1.807, 2.05) is 5.38 Å². The fourth-order valence-electron chi connectivity index (χ4n) is 2.17. The fraction of sp³-hybridized carbons (Fsp3) is 0.0714. The predicted molar refractivity (Wildman–Crippen MR) is 88.8 cm³/mol. The molecule has 0 saturated heterocycles. The van der Waals surface area contributed by atoms with Gasteiger partial charge < -0.3 is 11.1 Å². The van der Waals surface area contributed by atoms with Crippen LogP contribution in [0.2, 0.25) is 0 Å². The van der Waals surface area contributed by atoms with Crippen LogP contribution in [0.1, 0.15) is 5.56 Å². The van der Waals surface area contributed by atoms with Crippen molar-refractivity contribution >= 4 is 34.3 Å². The minimum absolute atomic E-state index is 0.191. The predicted octanol–water partition coefficient (Wildman–Crippen LogP) is 2.07. The lowest BCUT2D eigenvalue weighted by atomic mass is 10.2. The summed E-state index contributed by atoms with van der Waals surface area (Å²) >= 11 is 1.66. The Hall–Kier alpha value is -3.07. The zero-order valence-corrected chi connectivity index (χ0v) is 12.7. The van der Waals surface area contributed by atoms with E-state index in [0.717, 1.165) is 11.1 Å². The van der Waals surface area contributed by atoms with Crippen LogP contribution in [-0.2, 0) is 6.54 Å². The largest absolute Gasteiger partial charge is 0.368 e. The van der Waals surface area contributed by atoms with Gasteiger partial charge >= 0.3 is 0 Å². The van der Waals surface area contributed by atoms with E-state index in [2.05, 4.69) is 46.9 Å². The molecule has 23 heavy (non-hydrogen) atoms. The van der Waals surface area contributed by atoms with Gasteiger partial charge in [0, 0.05) is 18.9 Å². The summed E-state index contributed by atoms with van der Waals surface area (Å²) in [7, 11) is 0. The fourth-order valence-corrected chi connectivity index (χ4v) is 2.84. The summed E-state index contributed by atoms with van der Waals surface area (Å²) in [5.74, 6) is 0.740. The Morgan fingerprint density at radius 1 is 1.22 bits per heavy atom. The molecule has 4 rings (SSSR count). The van der Waals surface area contributed by atoms with Gasteiger partial charge in [-0.3, -0.25) is 5.10 Å². The first-order valence-corrected chi connectivity index (χ1v) is 7.79. The van der Waals surface area contributed by atoms with E-state index in [0.29, 0.717) is 23.8 Å². The first-order valence-electron chi connectivity index (χ1n) is 6.84. The Kier molecular flexibility index (Phi) is 3.31. The van der Waals surface area contributed by atoms with Crippen LogP contribution in [0.3, 0.4) is 0 Å². The maximum Gasteiger partial charge on any atom is 0.223 e. The first kappa shape index (κ1) is 13.6. The van der Waals surface area contributed by atoms with Crippen LogP contribution in [0.4, 0.5) is 11.9 Å². The molecule has 0 saturated carbocycles. The van der Waals surface area contributed by atoms with Crippen molar-refractivity contribution in [2.24, 2.45) is 0 Å². The second kappa shape index (κ2) is 5.61. The molecule has 0 amide bonds. The van der Waals surface area contributed by atoms with Gasteiger partial charge in [0.1, 0.15) is 0 Å². The molecular formula is C14H12N8S. The molecule has 4 N–H and O–H groups in total. The third kappa shape index (κ3) is 2.69. The number of hydrogen-bond donors (Lipinski definition) is 3. The molecule has 4 aromatic heterocycles. The number of aromatic amines is 1. The summed E-state index contributed by atoms with van der Waals surface area (Å²) in [6, 6.07) is 3.87. The molecule has 0 fully saturated rings. The summed E-state index contributed by atoms with van der Waals surface area (Å²) < 4.78 is 0. The van der Waals surface area contributed by atoms with Gasteiger partial charge in [-0.05, 0) is 28.5 Å². The van der Waals surface area contributed by atoms with Crippen LogP contribution in [-0.4, -0.2) is 30.1 Å². The third-order valence-corrected chi connectivity index (χ3v) is 4.00. The quantitative estimate of drug-likeness (QED) is 0.526. The lowest BCUT2D eigenvalue weighted by Crippen LogP contribution is -2.03. The summed E-state index contributed by atoms with van der Waals surface area (Å²) in [6.07, 6.45) is 3.33. The summed E-state index contributed by atoms with van der Waals surface area (Å²) in [6.45, 7) is 0.677. The highest BCUT2D eigenvalue weighted by atomic mass is 32.1. The molecule has 0 aliphatic carbocycles. The van der Waals surface area contributed by atoms with Gasteiger partial charge in [0.25, 0.3) is 0 Å². The Labute approximate surface area is 134 Å². The number of nitrogens with two attached hydrogens (primary N) is 1. The second-order valence-electron chi connectivity index (χ2n) is 4.81. The molecule has 4 aromatic rings. The van der Waals surface area contributed by atoms with E-state index >= 15 is 0 Å². The van der Waals surface area contributed by atoms with Crippen molar-refractivity contribution in [1.29, 1.82) is 0 Å². The Balaban J connectivity index is 1.64. The molecule has 8 nitrogen and oxygen atoms in total. The number of fused-ring (bicyclic) bond motifs is 1. The Bertz CT molecular complexity index is 946. The maximum absolute atomic E-state index is 5.57. The van der Waals surface area contributed by atoms with Crippen LogP contribution < -0.4 is 11.1 Å². The van der Waals surface area contributed by atoms with Gasteiger partial charge in [-0.2, -0.15) is 21.4 Å². The Morgan fingerprint density at radius 3 is 3.04 bits per heavy atom. The summed E-state index contributed by atoms with van der Waals surface area (Å²) in [5.41, 5.74) is 8.73. The highest BCUT2D eigenvalue weighted by Crippen LogP contribution is 2.23. The summed E-state index contributed by atoms with van der Waals surface area (Å²) in [4.78, 5) is 16.8. The minimum Gasteiger partial charge on any atom is -0.368 e. The van der Waals surface area contributed by atoms with Crippen molar-refractivity contribution in [2.45, 2.75) is 6.54 Å². The van der Waals surface area contributed by atoms with Crippen molar-refractivity contribution in [3.63, 3.8) is 0 Å². The number of aromatic nitrogens is 6. The molecule has 0 aromatic carbocycles. The SMILES string of the molecule is Nc1ncc2c(-c3ccnc(NCc4ccsc4)n3)[nH]nc2n1. The highest BCUT2D eigenvalue weighted by molar-refractivity contribution is 7.07. The molecule has 9 heteroatoms. The van der Waals surface area contributed by atoms with E-state index in [1.54, 1.807) is 29.8 Å². The van der Waals surface area contributed by atoms with Gasteiger partial charge in [0.15, 0.2) is 5.65 Å². The standard InChI is InChI=1S/C14H12N8S/c15-13-17-6-9-11(21-22-12(9)20-13)10-1-3-16-14(19-10)18-5-8-2-4-23-7-8/h1-4,6-7H,5H2,(H,16,18,19)(H3,15,17,20,21,22). The van der Waals surface area contributed by atoms with Gasteiger partial charge in [-0.25, -0.2) is 15.0 Å². The van der Waals surface area contributed by atoms with Crippen LogP contribution in [0.15, 0.2) is 35.3 Å². The average Bonchev–Trinajstić information content (AvgIpc) is 3.22. The number of anilines is 2. The lowest BCUT2D eigenvalue weighted by Gasteiger charge is -2.04. The van der Waals surface area contributed by atoms with E-state index in [1.165, 1.54) is 5.56 Å². The van der Waals surface area contributed by atoms with Gasteiger partial charge in [0.05, 0.1) is 16.8 Å². The Morgan fingerprint density at radius 2 is 2.17 bits per heavy atom. The topological polar surface area (TPSA) is 118 Å². The van der Waals surface area contributed by atoms with E-state index in [4.69, 9.17) is 5.73 Å². The number of thiophene rings is 1. The van der Waals surface area contributed by atoms with Gasteiger partial charge in [0.2, 0.25) is 11.9 Å². The lowest BCUT2D eigenvalue weighted by molar-refractivity contribution is 1.05. The van der Waals surface area contributed by atoms with Crippen molar-refractivity contribution in [3.05, 3.63) is 40.8 Å². The molecule has 0 bridgehead atoms. The van der Waals surface area contributed by atoms with E-state index < -0.39 is 0 Å². The highest BCUT2D eigenvalue weighted by Gasteiger charge is 2.11. The van der Waals surface area contributed by atoms with Crippen LogP contribution >= 0.6 is 11.3 Å². The molecule has 0 aliphatic heterocycles. The maximum atomic E-state index is 5.57. The van der Waals surface area contributed by atoms with Crippen LogP contribution in [0.25, 0.3) is 22.4 Å². The van der Waals surface area contributed by atoms with E-state index in [9.17, 15) is 0 Å². The first-order chi connectivity index (χ1) is 11.3.